The Morgan fingerprint density at radius 2 is 2.06 bits per heavy atom. The van der Waals surface area contributed by atoms with Crippen LogP contribution in [0.25, 0.3) is 11.0 Å². The second-order valence-electron chi connectivity index (χ2n) is 9.08. The molecule has 0 atom stereocenters. The number of hydrogen-bond donors (Lipinski definition) is 1. The van der Waals surface area contributed by atoms with Crippen LogP contribution in [0.15, 0.2) is 22.9 Å². The summed E-state index contributed by atoms with van der Waals surface area (Å²) in [5, 5.41) is 9.08. The lowest BCUT2D eigenvalue weighted by Gasteiger charge is -2.21. The maximum atomic E-state index is 12.8. The number of hydrogen-bond acceptors (Lipinski definition) is 7. The molecule has 0 amide bonds. The molecule has 1 fully saturated rings. The molecule has 0 radical (unpaired) electrons. The van der Waals surface area contributed by atoms with Gasteiger partial charge in [-0.25, -0.2) is 8.42 Å². The van der Waals surface area contributed by atoms with Crippen molar-refractivity contribution in [3.63, 3.8) is 0 Å². The first-order valence-electron chi connectivity index (χ1n) is 11.6. The highest BCUT2D eigenvalue weighted by Crippen LogP contribution is 2.35. The van der Waals surface area contributed by atoms with Crippen molar-refractivity contribution in [2.75, 3.05) is 17.6 Å². The van der Waals surface area contributed by atoms with Gasteiger partial charge < -0.3 is 14.2 Å². The predicted octanol–water partition coefficient (Wildman–Crippen LogP) is 3.70. The Kier molecular flexibility index (Phi) is 6.13. The minimum absolute atomic E-state index is 0.103. The number of benzene rings is 1. The quantitative estimate of drug-likeness (QED) is 0.511. The monoisotopic (exact) mass is 483 g/mol. The second-order valence-corrected chi connectivity index (χ2v) is 10.8. The number of fused-ring (bicyclic) bond motifs is 2. The largest absolute Gasteiger partial charge is 0.496 e. The van der Waals surface area contributed by atoms with Crippen LogP contribution in [-0.4, -0.2) is 41.1 Å². The van der Waals surface area contributed by atoms with Crippen molar-refractivity contribution < 1.29 is 17.7 Å². The molecule has 3 heterocycles. The fourth-order valence-corrected chi connectivity index (χ4v) is 6.49. The van der Waals surface area contributed by atoms with E-state index >= 15 is 0 Å². The Balaban J connectivity index is 1.38. The molecule has 1 aliphatic heterocycles. The van der Waals surface area contributed by atoms with E-state index in [2.05, 4.69) is 31.8 Å². The average molecular weight is 484 g/mol. The van der Waals surface area contributed by atoms with E-state index in [0.29, 0.717) is 23.3 Å². The SMILES string of the molecule is CC#CN1Cc2cnn(Cc3cc(OC)c4c(NS(=O)(=O)CC5CCCCC5)noc4c3)c2C1. The van der Waals surface area contributed by atoms with Crippen LogP contribution in [-0.2, 0) is 29.7 Å². The Morgan fingerprint density at radius 1 is 1.24 bits per heavy atom. The first-order valence-corrected chi connectivity index (χ1v) is 13.3. The number of sulfonamides is 1. The zero-order valence-electron chi connectivity index (χ0n) is 19.5. The Bertz CT molecular complexity index is 1360. The van der Waals surface area contributed by atoms with Gasteiger partial charge in [-0.3, -0.25) is 9.40 Å². The highest BCUT2D eigenvalue weighted by molar-refractivity contribution is 7.92. The molecule has 1 aliphatic carbocycles. The van der Waals surface area contributed by atoms with Crippen LogP contribution in [0, 0.1) is 17.9 Å². The van der Waals surface area contributed by atoms with Crippen LogP contribution in [0.4, 0.5) is 5.82 Å². The van der Waals surface area contributed by atoms with Crippen molar-refractivity contribution in [2.45, 2.75) is 58.7 Å². The highest BCUT2D eigenvalue weighted by Gasteiger charge is 2.26. The van der Waals surface area contributed by atoms with Gasteiger partial charge in [0.25, 0.3) is 0 Å². The maximum absolute atomic E-state index is 12.8. The first kappa shape index (κ1) is 22.6. The van der Waals surface area contributed by atoms with Crippen molar-refractivity contribution >= 4 is 26.8 Å². The van der Waals surface area contributed by atoms with Crippen LogP contribution < -0.4 is 9.46 Å². The van der Waals surface area contributed by atoms with Gasteiger partial charge in [0.05, 0.1) is 44.4 Å². The molecule has 34 heavy (non-hydrogen) atoms. The summed E-state index contributed by atoms with van der Waals surface area (Å²) in [4.78, 5) is 2.06. The summed E-state index contributed by atoms with van der Waals surface area (Å²) < 4.78 is 41.3. The van der Waals surface area contributed by atoms with Gasteiger partial charge in [0.1, 0.15) is 11.1 Å². The molecular weight excluding hydrogens is 454 g/mol. The maximum Gasteiger partial charge on any atom is 0.234 e. The molecule has 0 spiro atoms. The third kappa shape index (κ3) is 4.57. The van der Waals surface area contributed by atoms with E-state index in [1.807, 2.05) is 29.9 Å². The Labute approximate surface area is 199 Å². The summed E-state index contributed by atoms with van der Waals surface area (Å²) in [5.74, 6) is 3.91. The Morgan fingerprint density at radius 3 is 2.82 bits per heavy atom. The van der Waals surface area contributed by atoms with Crippen molar-refractivity contribution in [2.24, 2.45) is 5.92 Å². The zero-order valence-corrected chi connectivity index (χ0v) is 20.3. The molecular formula is C24H29N5O4S. The number of aromatic nitrogens is 3. The summed E-state index contributed by atoms with van der Waals surface area (Å²) in [5.41, 5.74) is 3.69. The minimum atomic E-state index is -3.55. The summed E-state index contributed by atoms with van der Waals surface area (Å²) in [6.07, 6.45) is 7.15. The molecule has 1 N–H and O–H groups in total. The third-order valence-electron chi connectivity index (χ3n) is 6.59. The molecule has 0 saturated heterocycles. The van der Waals surface area contributed by atoms with Gasteiger partial charge in [0.2, 0.25) is 10.0 Å². The van der Waals surface area contributed by atoms with Crippen LogP contribution >= 0.6 is 0 Å². The van der Waals surface area contributed by atoms with Crippen molar-refractivity contribution in [3.8, 4) is 17.7 Å². The lowest BCUT2D eigenvalue weighted by Crippen LogP contribution is -2.24. The standard InChI is InChI=1S/C24H29N5O4S/c1-3-9-28-14-19-12-25-29(20(19)15-28)13-18-10-21(32-2)23-22(11-18)33-26-24(23)27-34(30,31)16-17-7-5-4-6-8-17/h10-12,17H,4-8,13-16H2,1-2H3,(H,26,27). The van der Waals surface area contributed by atoms with E-state index < -0.39 is 10.0 Å². The molecule has 5 rings (SSSR count). The summed E-state index contributed by atoms with van der Waals surface area (Å²) in [6, 6.07) is 6.84. The molecule has 2 aromatic heterocycles. The van der Waals surface area contributed by atoms with E-state index in [9.17, 15) is 8.42 Å². The van der Waals surface area contributed by atoms with Gasteiger partial charge in [0, 0.05) is 11.6 Å². The van der Waals surface area contributed by atoms with E-state index in [1.165, 1.54) is 12.0 Å². The van der Waals surface area contributed by atoms with E-state index in [-0.39, 0.29) is 17.5 Å². The topological polar surface area (TPSA) is 102 Å². The summed E-state index contributed by atoms with van der Waals surface area (Å²) >= 11 is 0. The number of ether oxygens (including phenoxy) is 1. The number of nitrogens with one attached hydrogen (secondary N) is 1. The molecule has 3 aromatic rings. The van der Waals surface area contributed by atoms with Crippen molar-refractivity contribution in [1.82, 2.24) is 19.8 Å². The fourth-order valence-electron chi connectivity index (χ4n) is 5.02. The van der Waals surface area contributed by atoms with Crippen LogP contribution in [0.2, 0.25) is 0 Å². The van der Waals surface area contributed by atoms with E-state index in [1.54, 1.807) is 7.11 Å². The molecule has 0 unspecified atom stereocenters. The summed E-state index contributed by atoms with van der Waals surface area (Å²) in [6.45, 7) is 3.85. The van der Waals surface area contributed by atoms with Gasteiger partial charge in [-0.15, -0.1) is 0 Å². The number of anilines is 1. The molecule has 2 aliphatic rings. The second kappa shape index (κ2) is 9.22. The number of rotatable bonds is 7. The van der Waals surface area contributed by atoms with Gasteiger partial charge >= 0.3 is 0 Å². The highest BCUT2D eigenvalue weighted by atomic mass is 32.2. The van der Waals surface area contributed by atoms with Crippen molar-refractivity contribution in [1.29, 1.82) is 0 Å². The smallest absolute Gasteiger partial charge is 0.234 e. The lowest BCUT2D eigenvalue weighted by molar-refractivity contribution is 0.385. The summed E-state index contributed by atoms with van der Waals surface area (Å²) in [7, 11) is -1.99. The molecule has 180 valence electrons. The van der Waals surface area contributed by atoms with Gasteiger partial charge in [0.15, 0.2) is 11.4 Å². The van der Waals surface area contributed by atoms with E-state index in [4.69, 9.17) is 9.26 Å². The average Bonchev–Trinajstić information content (AvgIpc) is 3.49. The Hall–Kier alpha value is -3.19. The molecule has 10 heteroatoms. The normalized spacial score (nSPS) is 16.4. The minimum Gasteiger partial charge on any atom is -0.496 e. The van der Waals surface area contributed by atoms with E-state index in [0.717, 1.165) is 50.0 Å². The zero-order chi connectivity index (χ0) is 23.7. The van der Waals surface area contributed by atoms with Gasteiger partial charge in [-0.2, -0.15) is 5.10 Å². The predicted molar refractivity (Wildman–Crippen MR) is 129 cm³/mol. The fraction of sp³-hybridized carbons (Fsp3) is 0.500. The molecule has 9 nitrogen and oxygen atoms in total. The van der Waals surface area contributed by atoms with Crippen LogP contribution in [0.3, 0.4) is 0 Å². The lowest BCUT2D eigenvalue weighted by atomic mass is 9.91. The first-order chi connectivity index (χ1) is 16.5. The molecule has 0 bridgehead atoms. The van der Waals surface area contributed by atoms with Crippen LogP contribution in [0.5, 0.6) is 5.75 Å². The third-order valence-corrected chi connectivity index (χ3v) is 8.00. The number of nitrogens with zero attached hydrogens (tertiary/aromatic N) is 4. The molecule has 1 aromatic carbocycles. The molecule has 1 saturated carbocycles. The van der Waals surface area contributed by atoms with Crippen LogP contribution in [0.1, 0.15) is 55.8 Å². The van der Waals surface area contributed by atoms with Gasteiger partial charge in [-0.1, -0.05) is 30.3 Å². The van der Waals surface area contributed by atoms with Crippen molar-refractivity contribution in [3.05, 3.63) is 35.2 Å². The number of methoxy groups -OCH3 is 1. The van der Waals surface area contributed by atoms with Gasteiger partial charge in [-0.05, 0) is 43.4 Å².